The van der Waals surface area contributed by atoms with E-state index in [2.05, 4.69) is 4.90 Å². The Morgan fingerprint density at radius 1 is 1.00 bits per heavy atom. The van der Waals surface area contributed by atoms with Crippen LogP contribution >= 0.6 is 0 Å². The van der Waals surface area contributed by atoms with Crippen molar-refractivity contribution in [2.45, 2.75) is 12.5 Å². The molecular weight excluding hydrogens is 436 g/mol. The number of carbonyl (C=O) groups excluding carboxylic acids is 2. The Morgan fingerprint density at radius 3 is 2.38 bits per heavy atom. The van der Waals surface area contributed by atoms with Gasteiger partial charge in [-0.3, -0.25) is 14.5 Å². The van der Waals surface area contributed by atoms with Crippen molar-refractivity contribution >= 4 is 17.4 Å². The van der Waals surface area contributed by atoms with Gasteiger partial charge in [-0.15, -0.1) is 0 Å². The van der Waals surface area contributed by atoms with E-state index in [1.165, 1.54) is 7.11 Å². The molecule has 1 atom stereocenters. The molecule has 0 bridgehead atoms. The van der Waals surface area contributed by atoms with Crippen molar-refractivity contribution in [2.75, 3.05) is 53.6 Å². The number of carbonyl (C=O) groups is 2. The molecule has 2 fully saturated rings. The summed E-state index contributed by atoms with van der Waals surface area (Å²) >= 11 is 0. The Labute approximate surface area is 199 Å². The lowest BCUT2D eigenvalue weighted by Crippen LogP contribution is -2.38. The van der Waals surface area contributed by atoms with Crippen molar-refractivity contribution in [3.63, 3.8) is 0 Å². The van der Waals surface area contributed by atoms with Gasteiger partial charge in [0, 0.05) is 31.7 Å². The van der Waals surface area contributed by atoms with Gasteiger partial charge in [0.05, 0.1) is 39.0 Å². The van der Waals surface area contributed by atoms with Gasteiger partial charge in [0.25, 0.3) is 11.7 Å². The van der Waals surface area contributed by atoms with Gasteiger partial charge in [-0.2, -0.15) is 0 Å². The molecule has 0 radical (unpaired) electrons. The fourth-order valence-electron chi connectivity index (χ4n) is 4.52. The lowest BCUT2D eigenvalue weighted by molar-refractivity contribution is -0.140. The van der Waals surface area contributed by atoms with Crippen LogP contribution in [0.2, 0.25) is 0 Å². The van der Waals surface area contributed by atoms with Crippen LogP contribution in [0.25, 0.3) is 5.76 Å². The fraction of sp³-hybridized carbons (Fsp3) is 0.385. The van der Waals surface area contributed by atoms with Crippen LogP contribution in [-0.4, -0.2) is 80.2 Å². The van der Waals surface area contributed by atoms with Gasteiger partial charge in [0.15, 0.2) is 11.5 Å². The number of benzene rings is 2. The van der Waals surface area contributed by atoms with Gasteiger partial charge in [0.1, 0.15) is 5.76 Å². The van der Waals surface area contributed by atoms with Crippen LogP contribution in [0.5, 0.6) is 11.5 Å². The zero-order chi connectivity index (χ0) is 24.1. The number of ketones is 1. The normalized spacial score (nSPS) is 20.5. The first-order chi connectivity index (χ1) is 16.5. The van der Waals surface area contributed by atoms with Crippen molar-refractivity contribution < 1.29 is 28.9 Å². The summed E-state index contributed by atoms with van der Waals surface area (Å²) in [6.07, 6.45) is 0.697. The number of amides is 1. The number of morpholine rings is 1. The first-order valence-electron chi connectivity index (χ1n) is 11.4. The largest absolute Gasteiger partial charge is 0.507 e. The highest BCUT2D eigenvalue weighted by atomic mass is 16.5. The number of hydrogen-bond donors (Lipinski definition) is 1. The van der Waals surface area contributed by atoms with Crippen LogP contribution in [0, 0.1) is 0 Å². The lowest BCUT2D eigenvalue weighted by atomic mass is 9.95. The van der Waals surface area contributed by atoms with E-state index in [1.54, 1.807) is 54.5 Å². The van der Waals surface area contributed by atoms with E-state index >= 15 is 0 Å². The second-order valence-electron chi connectivity index (χ2n) is 8.28. The maximum absolute atomic E-state index is 13.2. The third-order valence-electron chi connectivity index (χ3n) is 6.29. The number of hydrogen-bond acceptors (Lipinski definition) is 7. The van der Waals surface area contributed by atoms with Crippen LogP contribution in [0.4, 0.5) is 0 Å². The number of likely N-dealkylation sites (tertiary alicyclic amines) is 1. The van der Waals surface area contributed by atoms with Crippen LogP contribution in [-0.2, 0) is 14.3 Å². The summed E-state index contributed by atoms with van der Waals surface area (Å²) in [5, 5.41) is 11.1. The second-order valence-corrected chi connectivity index (χ2v) is 8.28. The highest BCUT2D eigenvalue weighted by molar-refractivity contribution is 6.46. The number of rotatable bonds is 8. The van der Waals surface area contributed by atoms with E-state index in [0.29, 0.717) is 48.8 Å². The molecule has 8 nitrogen and oxygen atoms in total. The first-order valence-corrected chi connectivity index (χ1v) is 11.4. The van der Waals surface area contributed by atoms with Gasteiger partial charge < -0.3 is 24.2 Å². The maximum atomic E-state index is 13.2. The van der Waals surface area contributed by atoms with Gasteiger partial charge in [0.2, 0.25) is 0 Å². The fourth-order valence-corrected chi connectivity index (χ4v) is 4.52. The highest BCUT2D eigenvalue weighted by Crippen LogP contribution is 2.42. The molecule has 0 spiro atoms. The third kappa shape index (κ3) is 4.78. The quantitative estimate of drug-likeness (QED) is 0.364. The Balaban J connectivity index is 1.70. The Hall–Kier alpha value is -3.36. The molecule has 0 unspecified atom stereocenters. The first kappa shape index (κ1) is 23.8. The van der Waals surface area contributed by atoms with Crippen molar-refractivity contribution in [2.24, 2.45) is 0 Å². The number of ether oxygens (including phenoxy) is 3. The second kappa shape index (κ2) is 10.7. The van der Waals surface area contributed by atoms with E-state index in [-0.39, 0.29) is 11.3 Å². The molecule has 2 aromatic rings. The van der Waals surface area contributed by atoms with Crippen molar-refractivity contribution in [1.29, 1.82) is 0 Å². The summed E-state index contributed by atoms with van der Waals surface area (Å²) in [5.74, 6) is -0.460. The summed E-state index contributed by atoms with van der Waals surface area (Å²) in [6, 6.07) is 13.4. The van der Waals surface area contributed by atoms with E-state index in [1.807, 2.05) is 6.07 Å². The monoisotopic (exact) mass is 466 g/mol. The molecule has 1 N–H and O–H groups in total. The smallest absolute Gasteiger partial charge is 0.295 e. The van der Waals surface area contributed by atoms with Crippen molar-refractivity contribution in [3.05, 3.63) is 65.2 Å². The summed E-state index contributed by atoms with van der Waals surface area (Å²) < 4.78 is 16.2. The minimum atomic E-state index is -0.732. The van der Waals surface area contributed by atoms with E-state index in [4.69, 9.17) is 14.2 Å². The molecule has 180 valence electrons. The summed E-state index contributed by atoms with van der Waals surface area (Å²) in [7, 11) is 3.08. The van der Waals surface area contributed by atoms with Gasteiger partial charge in [-0.25, -0.2) is 0 Å². The van der Waals surface area contributed by atoms with E-state index in [0.717, 1.165) is 19.6 Å². The molecule has 1 amide bonds. The molecule has 2 aliphatic rings. The van der Waals surface area contributed by atoms with Gasteiger partial charge in [-0.05, 0) is 24.1 Å². The Kier molecular flexibility index (Phi) is 7.49. The number of methoxy groups -OCH3 is 2. The zero-order valence-electron chi connectivity index (χ0n) is 19.5. The SMILES string of the molecule is COc1ccc([C@H]2/C(=C(\O)c3ccccc3)C(=O)C(=O)N2CCCN2CCOCC2)cc1OC. The zero-order valence-corrected chi connectivity index (χ0v) is 19.5. The number of aliphatic hydroxyl groups excluding tert-OH is 1. The number of Topliss-reactive ketones (excluding diaryl/α,β-unsaturated/α-hetero) is 1. The lowest BCUT2D eigenvalue weighted by Gasteiger charge is -2.29. The molecular formula is C26H30N2O6. The summed E-state index contributed by atoms with van der Waals surface area (Å²) in [5.41, 5.74) is 1.23. The molecule has 0 aromatic heterocycles. The molecule has 4 rings (SSSR count). The molecule has 2 aromatic carbocycles. The van der Waals surface area contributed by atoms with E-state index in [9.17, 15) is 14.7 Å². The average molecular weight is 467 g/mol. The predicted molar refractivity (Wildman–Crippen MR) is 127 cm³/mol. The Morgan fingerprint density at radius 2 is 1.71 bits per heavy atom. The molecule has 34 heavy (non-hydrogen) atoms. The molecule has 2 saturated heterocycles. The molecule has 0 saturated carbocycles. The van der Waals surface area contributed by atoms with Crippen LogP contribution in [0.3, 0.4) is 0 Å². The molecule has 2 heterocycles. The highest BCUT2D eigenvalue weighted by Gasteiger charge is 2.46. The summed E-state index contributed by atoms with van der Waals surface area (Å²) in [6.45, 7) is 4.29. The Bertz CT molecular complexity index is 1060. The minimum absolute atomic E-state index is 0.0785. The molecule has 8 heteroatoms. The van der Waals surface area contributed by atoms with Crippen molar-refractivity contribution in [1.82, 2.24) is 9.80 Å². The minimum Gasteiger partial charge on any atom is -0.507 e. The van der Waals surface area contributed by atoms with Crippen molar-refractivity contribution in [3.8, 4) is 11.5 Å². The standard InChI is InChI=1S/C26H30N2O6/c1-32-20-10-9-19(17-21(20)33-2)23-22(24(29)18-7-4-3-5-8-18)25(30)26(31)28(23)12-6-11-27-13-15-34-16-14-27/h3-5,7-10,17,23,29H,6,11-16H2,1-2H3/b24-22+/t23-/m0/s1. The van der Waals surface area contributed by atoms with Gasteiger partial charge in [-0.1, -0.05) is 36.4 Å². The molecule has 0 aliphatic carbocycles. The van der Waals surface area contributed by atoms with Crippen LogP contribution in [0.1, 0.15) is 23.6 Å². The summed E-state index contributed by atoms with van der Waals surface area (Å²) in [4.78, 5) is 30.1. The maximum Gasteiger partial charge on any atom is 0.295 e. The van der Waals surface area contributed by atoms with E-state index < -0.39 is 17.7 Å². The van der Waals surface area contributed by atoms with Crippen LogP contribution < -0.4 is 9.47 Å². The van der Waals surface area contributed by atoms with Crippen LogP contribution in [0.15, 0.2) is 54.1 Å². The average Bonchev–Trinajstić information content (AvgIpc) is 3.14. The van der Waals surface area contributed by atoms with Gasteiger partial charge >= 0.3 is 0 Å². The topological polar surface area (TPSA) is 88.5 Å². The number of aliphatic hydroxyl groups is 1. The molecule has 2 aliphatic heterocycles. The predicted octanol–water partition coefficient (Wildman–Crippen LogP) is 2.85. The number of nitrogens with zero attached hydrogens (tertiary/aromatic N) is 2. The third-order valence-corrected chi connectivity index (χ3v) is 6.29.